The van der Waals surface area contributed by atoms with Crippen LogP contribution in [0.3, 0.4) is 0 Å². The molecule has 1 rings (SSSR count). The number of carbonyl (C=O) groups excluding carboxylic acids is 2. The number of hydrogen-bond donors (Lipinski definition) is 3. The summed E-state index contributed by atoms with van der Waals surface area (Å²) >= 11 is 0. The third-order valence-electron chi connectivity index (χ3n) is 3.45. The third kappa shape index (κ3) is 5.07. The summed E-state index contributed by atoms with van der Waals surface area (Å²) in [6.07, 6.45) is 0. The molecule has 0 aliphatic rings. The summed E-state index contributed by atoms with van der Waals surface area (Å²) in [6.45, 7) is 4.14. The molecule has 0 saturated heterocycles. The highest BCUT2D eigenvalue weighted by molar-refractivity contribution is 5.94. The fourth-order valence-corrected chi connectivity index (χ4v) is 1.98. The van der Waals surface area contributed by atoms with Crippen LogP contribution in [0.25, 0.3) is 0 Å². The van der Waals surface area contributed by atoms with Gasteiger partial charge in [-0.2, -0.15) is 0 Å². The van der Waals surface area contributed by atoms with Crippen molar-refractivity contribution in [2.45, 2.75) is 19.9 Å². The number of amides is 2. The quantitative estimate of drug-likeness (QED) is 0.680. The van der Waals surface area contributed by atoms with Gasteiger partial charge in [0.2, 0.25) is 11.8 Å². The van der Waals surface area contributed by atoms with Gasteiger partial charge in [0.15, 0.2) is 0 Å². The second-order valence-corrected chi connectivity index (χ2v) is 5.25. The van der Waals surface area contributed by atoms with Crippen LogP contribution < -0.4 is 16.4 Å². The lowest BCUT2D eigenvalue weighted by molar-refractivity contribution is -0.126. The van der Waals surface area contributed by atoms with Crippen molar-refractivity contribution in [3.05, 3.63) is 24.3 Å². The second-order valence-electron chi connectivity index (χ2n) is 5.25. The summed E-state index contributed by atoms with van der Waals surface area (Å²) in [7, 11) is 3.43. The van der Waals surface area contributed by atoms with E-state index < -0.39 is 0 Å². The topological polar surface area (TPSA) is 87.5 Å². The lowest BCUT2D eigenvalue weighted by Crippen LogP contribution is -2.44. The van der Waals surface area contributed by atoms with Gasteiger partial charge >= 0.3 is 0 Å². The molecule has 0 aromatic heterocycles. The fourth-order valence-electron chi connectivity index (χ4n) is 1.98. The van der Waals surface area contributed by atoms with E-state index in [1.165, 1.54) is 0 Å². The van der Waals surface area contributed by atoms with Gasteiger partial charge in [-0.15, -0.1) is 0 Å². The highest BCUT2D eigenvalue weighted by Crippen LogP contribution is 2.13. The van der Waals surface area contributed by atoms with Crippen molar-refractivity contribution < 1.29 is 9.59 Å². The molecular formula is C15H24N4O2. The van der Waals surface area contributed by atoms with Crippen molar-refractivity contribution in [2.75, 3.05) is 31.7 Å². The number of carbonyl (C=O) groups is 2. The second kappa shape index (κ2) is 7.64. The maximum atomic E-state index is 12.2. The normalized spacial score (nSPS) is 13.6. The Balaban J connectivity index is 2.59. The predicted molar refractivity (Wildman–Crippen MR) is 84.8 cm³/mol. The number of likely N-dealkylation sites (N-methyl/N-ethyl adjacent to an activating group) is 1. The maximum Gasteiger partial charge on any atom is 0.241 e. The van der Waals surface area contributed by atoms with E-state index in [2.05, 4.69) is 10.6 Å². The zero-order chi connectivity index (χ0) is 16.0. The van der Waals surface area contributed by atoms with Gasteiger partial charge in [-0.25, -0.2) is 0 Å². The smallest absolute Gasteiger partial charge is 0.241 e. The molecule has 1 aromatic carbocycles. The summed E-state index contributed by atoms with van der Waals surface area (Å²) < 4.78 is 0. The third-order valence-corrected chi connectivity index (χ3v) is 3.45. The van der Waals surface area contributed by atoms with Crippen molar-refractivity contribution in [1.82, 2.24) is 10.2 Å². The zero-order valence-corrected chi connectivity index (χ0v) is 13.0. The Bertz CT molecular complexity index is 504. The largest absolute Gasteiger partial charge is 0.399 e. The number of benzene rings is 1. The van der Waals surface area contributed by atoms with Gasteiger partial charge in [-0.3, -0.25) is 14.5 Å². The molecule has 0 aliphatic heterocycles. The standard InChI is InChI=1S/C15H24N4O2/c1-10(14(20)17-3)9-19(4)11(2)15(21)18-13-7-5-6-12(16)8-13/h5-8,10-11H,9,16H2,1-4H3,(H,17,20)(H,18,21). The Hall–Kier alpha value is -2.08. The number of nitrogens with two attached hydrogens (primary N) is 1. The summed E-state index contributed by atoms with van der Waals surface area (Å²) in [5.41, 5.74) is 6.94. The average molecular weight is 292 g/mol. The van der Waals surface area contributed by atoms with E-state index in [1.54, 1.807) is 38.2 Å². The van der Waals surface area contributed by atoms with Gasteiger partial charge in [0.05, 0.1) is 6.04 Å². The Morgan fingerprint density at radius 2 is 1.95 bits per heavy atom. The molecule has 0 saturated carbocycles. The summed E-state index contributed by atoms with van der Waals surface area (Å²) in [5, 5.41) is 5.42. The van der Waals surface area contributed by atoms with E-state index in [1.807, 2.05) is 18.9 Å². The molecule has 21 heavy (non-hydrogen) atoms. The Kier molecular flexibility index (Phi) is 6.17. The number of nitrogens with zero attached hydrogens (tertiary/aromatic N) is 1. The van der Waals surface area contributed by atoms with Crippen LogP contribution in [0.5, 0.6) is 0 Å². The van der Waals surface area contributed by atoms with Crippen LogP contribution in [-0.2, 0) is 9.59 Å². The number of nitrogens with one attached hydrogen (secondary N) is 2. The summed E-state index contributed by atoms with van der Waals surface area (Å²) in [5.74, 6) is -0.347. The first-order valence-electron chi connectivity index (χ1n) is 6.93. The van der Waals surface area contributed by atoms with Crippen LogP contribution in [-0.4, -0.2) is 43.4 Å². The lowest BCUT2D eigenvalue weighted by atomic mass is 10.1. The first-order chi connectivity index (χ1) is 9.85. The predicted octanol–water partition coefficient (Wildman–Crippen LogP) is 0.910. The molecule has 2 atom stereocenters. The highest BCUT2D eigenvalue weighted by atomic mass is 16.2. The van der Waals surface area contributed by atoms with Crippen molar-refractivity contribution in [2.24, 2.45) is 5.92 Å². The van der Waals surface area contributed by atoms with Gasteiger partial charge in [-0.1, -0.05) is 13.0 Å². The minimum absolute atomic E-state index is 0.0368. The van der Waals surface area contributed by atoms with Crippen LogP contribution in [0.4, 0.5) is 11.4 Å². The van der Waals surface area contributed by atoms with Crippen molar-refractivity contribution in [3.8, 4) is 0 Å². The van der Waals surface area contributed by atoms with E-state index in [-0.39, 0.29) is 23.8 Å². The monoisotopic (exact) mass is 292 g/mol. The SMILES string of the molecule is CNC(=O)C(C)CN(C)C(C)C(=O)Nc1cccc(N)c1. The zero-order valence-electron chi connectivity index (χ0n) is 13.0. The molecule has 6 nitrogen and oxygen atoms in total. The molecule has 4 N–H and O–H groups in total. The molecule has 0 aliphatic carbocycles. The van der Waals surface area contributed by atoms with Gasteiger partial charge in [-0.05, 0) is 32.2 Å². The van der Waals surface area contributed by atoms with Crippen molar-refractivity contribution in [1.29, 1.82) is 0 Å². The first kappa shape index (κ1) is 17.0. The molecule has 0 bridgehead atoms. The summed E-state index contributed by atoms with van der Waals surface area (Å²) in [4.78, 5) is 25.6. The molecular weight excluding hydrogens is 268 g/mol. The number of rotatable bonds is 6. The maximum absolute atomic E-state index is 12.2. The number of hydrogen-bond acceptors (Lipinski definition) is 4. The van der Waals surface area contributed by atoms with E-state index in [0.29, 0.717) is 17.9 Å². The van der Waals surface area contributed by atoms with Crippen molar-refractivity contribution >= 4 is 23.2 Å². The van der Waals surface area contributed by atoms with E-state index in [9.17, 15) is 9.59 Å². The Labute approximate surface area is 125 Å². The number of nitrogen functional groups attached to an aromatic ring is 1. The molecule has 116 valence electrons. The lowest BCUT2D eigenvalue weighted by Gasteiger charge is -2.26. The molecule has 6 heteroatoms. The molecule has 2 unspecified atom stereocenters. The molecule has 0 fully saturated rings. The van der Waals surface area contributed by atoms with Crippen LogP contribution >= 0.6 is 0 Å². The van der Waals surface area contributed by atoms with E-state index in [4.69, 9.17) is 5.73 Å². The average Bonchev–Trinajstić information content (AvgIpc) is 2.45. The van der Waals surface area contributed by atoms with Crippen LogP contribution in [0.2, 0.25) is 0 Å². The van der Waals surface area contributed by atoms with Gasteiger partial charge in [0.1, 0.15) is 0 Å². The molecule has 1 aromatic rings. The van der Waals surface area contributed by atoms with Crippen molar-refractivity contribution in [3.63, 3.8) is 0 Å². The minimum Gasteiger partial charge on any atom is -0.399 e. The van der Waals surface area contributed by atoms with Crippen LogP contribution in [0.1, 0.15) is 13.8 Å². The Morgan fingerprint density at radius 1 is 1.29 bits per heavy atom. The minimum atomic E-state index is -0.349. The number of anilines is 2. The molecule has 0 radical (unpaired) electrons. The van der Waals surface area contributed by atoms with E-state index in [0.717, 1.165) is 0 Å². The summed E-state index contributed by atoms with van der Waals surface area (Å²) in [6, 6.07) is 6.69. The van der Waals surface area contributed by atoms with Crippen LogP contribution in [0.15, 0.2) is 24.3 Å². The van der Waals surface area contributed by atoms with E-state index >= 15 is 0 Å². The molecule has 0 heterocycles. The van der Waals surface area contributed by atoms with Crippen LogP contribution in [0, 0.1) is 5.92 Å². The molecule has 2 amide bonds. The highest BCUT2D eigenvalue weighted by Gasteiger charge is 2.22. The fraction of sp³-hybridized carbons (Fsp3) is 0.467. The molecule has 0 spiro atoms. The first-order valence-corrected chi connectivity index (χ1v) is 6.93. The van der Waals surface area contributed by atoms with Gasteiger partial charge in [0.25, 0.3) is 0 Å². The van der Waals surface area contributed by atoms with Gasteiger partial charge in [0, 0.05) is 30.9 Å². The Morgan fingerprint density at radius 3 is 2.52 bits per heavy atom. The van der Waals surface area contributed by atoms with Gasteiger partial charge < -0.3 is 16.4 Å².